The van der Waals surface area contributed by atoms with E-state index in [1.807, 2.05) is 40.7 Å². The fourth-order valence-corrected chi connectivity index (χ4v) is 2.99. The number of hydrogen-bond donors (Lipinski definition) is 1. The Morgan fingerprint density at radius 1 is 1.32 bits per heavy atom. The zero-order chi connectivity index (χ0) is 14.4. The summed E-state index contributed by atoms with van der Waals surface area (Å²) in [5, 5.41) is 0. The lowest BCUT2D eigenvalue weighted by molar-refractivity contribution is -0.117. The minimum atomic E-state index is -0.365. The molecule has 0 atom stereocenters. The molecule has 4 nitrogen and oxygen atoms in total. The third-order valence-electron chi connectivity index (χ3n) is 3.89. The molecule has 104 valence electrons. The highest BCUT2D eigenvalue weighted by atomic mass is 32.1. The zero-order valence-corrected chi connectivity index (χ0v) is 12.9. The van der Waals surface area contributed by atoms with Gasteiger partial charge in [-0.15, -0.1) is 11.3 Å². The Morgan fingerprint density at radius 2 is 1.84 bits per heavy atom. The van der Waals surface area contributed by atoms with Crippen LogP contribution < -0.4 is 10.5 Å². The first kappa shape index (κ1) is 14.6. The molecule has 1 saturated heterocycles. The predicted molar refractivity (Wildman–Crippen MR) is 77.7 cm³/mol. The highest BCUT2D eigenvalue weighted by molar-refractivity contribution is 7.22. The van der Waals surface area contributed by atoms with Crippen LogP contribution in [0.15, 0.2) is 6.07 Å². The molecule has 0 aromatic carbocycles. The molecule has 1 aromatic rings. The van der Waals surface area contributed by atoms with E-state index in [2.05, 4.69) is 0 Å². The molecule has 0 radical (unpaired) electrons. The number of nitrogens with two attached hydrogens (primary N) is 1. The Hall–Kier alpha value is -0.845. The molecule has 0 saturated carbocycles. The Bertz CT molecular complexity index is 494. The van der Waals surface area contributed by atoms with Crippen molar-refractivity contribution in [1.29, 1.82) is 0 Å². The van der Waals surface area contributed by atoms with Gasteiger partial charge in [-0.1, -0.05) is 0 Å². The van der Waals surface area contributed by atoms with Crippen LogP contribution in [0.3, 0.4) is 0 Å². The van der Waals surface area contributed by atoms with E-state index in [1.54, 1.807) is 11.3 Å². The summed E-state index contributed by atoms with van der Waals surface area (Å²) in [7, 11) is -0.365. The van der Waals surface area contributed by atoms with Crippen molar-refractivity contribution in [2.24, 2.45) is 5.73 Å². The van der Waals surface area contributed by atoms with Gasteiger partial charge in [-0.3, -0.25) is 4.79 Å². The van der Waals surface area contributed by atoms with Gasteiger partial charge in [0.1, 0.15) is 0 Å². The number of hydrogen-bond acceptors (Lipinski definition) is 4. The van der Waals surface area contributed by atoms with E-state index in [0.717, 1.165) is 15.2 Å². The lowest BCUT2D eigenvalue weighted by Gasteiger charge is -2.32. The zero-order valence-electron chi connectivity index (χ0n) is 12.1. The molecular weight excluding hydrogens is 261 g/mol. The van der Waals surface area contributed by atoms with Crippen LogP contribution in [0.1, 0.15) is 38.1 Å². The van der Waals surface area contributed by atoms with E-state index in [1.165, 1.54) is 0 Å². The van der Waals surface area contributed by atoms with Gasteiger partial charge in [-0.25, -0.2) is 0 Å². The fraction of sp³-hybridized carbons (Fsp3) is 0.615. The van der Waals surface area contributed by atoms with Crippen LogP contribution in [-0.2, 0) is 20.5 Å². The molecule has 1 fully saturated rings. The summed E-state index contributed by atoms with van der Waals surface area (Å²) in [5.41, 5.74) is 5.51. The number of thiophene rings is 1. The topological polar surface area (TPSA) is 61.6 Å². The number of carbonyl (C=O) groups excluding carboxylic acids is 1. The van der Waals surface area contributed by atoms with Crippen LogP contribution in [0.25, 0.3) is 0 Å². The Labute approximate surface area is 118 Å². The minimum absolute atomic E-state index is 0.266. The predicted octanol–water partition coefficient (Wildman–Crippen LogP) is 1.38. The van der Waals surface area contributed by atoms with Gasteiger partial charge in [0.05, 0.1) is 17.6 Å². The summed E-state index contributed by atoms with van der Waals surface area (Å²) in [6.45, 7) is 10.1. The van der Waals surface area contributed by atoms with Gasteiger partial charge in [0.15, 0.2) is 0 Å². The van der Waals surface area contributed by atoms with Crippen molar-refractivity contribution in [2.75, 3.05) is 0 Å². The summed E-state index contributed by atoms with van der Waals surface area (Å²) < 4.78 is 13.0. The summed E-state index contributed by atoms with van der Waals surface area (Å²) in [6, 6.07) is 1.97. The first-order valence-electron chi connectivity index (χ1n) is 6.35. The van der Waals surface area contributed by atoms with Gasteiger partial charge < -0.3 is 15.0 Å². The molecule has 2 heterocycles. The van der Waals surface area contributed by atoms with Crippen LogP contribution in [-0.4, -0.2) is 24.2 Å². The SMILES string of the molecule is Cc1sc(B2OC(C)(C)C(C)(C)O2)cc1CC(N)=O. The van der Waals surface area contributed by atoms with Crippen molar-refractivity contribution < 1.29 is 14.1 Å². The largest absolute Gasteiger partial charge is 0.505 e. The van der Waals surface area contributed by atoms with E-state index in [0.29, 0.717) is 0 Å². The summed E-state index contributed by atoms with van der Waals surface area (Å²) in [4.78, 5) is 12.1. The lowest BCUT2D eigenvalue weighted by atomic mass is 9.87. The smallest absolute Gasteiger partial charge is 0.399 e. The molecule has 2 rings (SSSR count). The van der Waals surface area contributed by atoms with Crippen molar-refractivity contribution in [3.8, 4) is 0 Å². The van der Waals surface area contributed by atoms with Gasteiger partial charge in [0.25, 0.3) is 0 Å². The molecule has 0 unspecified atom stereocenters. The highest BCUT2D eigenvalue weighted by Gasteiger charge is 2.52. The molecule has 1 aromatic heterocycles. The molecule has 1 aliphatic heterocycles. The van der Waals surface area contributed by atoms with Gasteiger partial charge in [-0.05, 0) is 46.2 Å². The van der Waals surface area contributed by atoms with E-state index in [4.69, 9.17) is 15.0 Å². The molecule has 19 heavy (non-hydrogen) atoms. The average molecular weight is 281 g/mol. The minimum Gasteiger partial charge on any atom is -0.399 e. The number of aryl methyl sites for hydroxylation is 1. The molecular formula is C13H20BNO3S. The van der Waals surface area contributed by atoms with Gasteiger partial charge in [-0.2, -0.15) is 0 Å². The number of carbonyl (C=O) groups is 1. The van der Waals surface area contributed by atoms with E-state index in [-0.39, 0.29) is 30.6 Å². The summed E-state index contributed by atoms with van der Waals surface area (Å²) in [5.74, 6) is -0.318. The van der Waals surface area contributed by atoms with Crippen LogP contribution in [0.2, 0.25) is 0 Å². The van der Waals surface area contributed by atoms with Crippen LogP contribution >= 0.6 is 11.3 Å². The molecule has 1 amide bonds. The second kappa shape index (κ2) is 4.61. The van der Waals surface area contributed by atoms with Crippen molar-refractivity contribution in [1.82, 2.24) is 0 Å². The summed E-state index contributed by atoms with van der Waals surface area (Å²) in [6.07, 6.45) is 0.266. The standard InChI is InChI=1S/C13H20BNO3S/c1-8-9(7-11(15)16)6-10(19-8)14-17-12(2,3)13(4,5)18-14/h6H,7H2,1-5H3,(H2,15,16). The maximum absolute atomic E-state index is 11.0. The molecule has 0 aliphatic carbocycles. The van der Waals surface area contributed by atoms with Crippen LogP contribution in [0, 0.1) is 6.92 Å². The molecule has 1 aliphatic rings. The third-order valence-corrected chi connectivity index (χ3v) is 5.00. The maximum Gasteiger partial charge on any atom is 0.505 e. The van der Waals surface area contributed by atoms with E-state index in [9.17, 15) is 4.79 Å². The molecule has 0 spiro atoms. The Morgan fingerprint density at radius 3 is 2.32 bits per heavy atom. The van der Waals surface area contributed by atoms with Gasteiger partial charge >= 0.3 is 7.12 Å². The molecule has 2 N–H and O–H groups in total. The number of rotatable bonds is 3. The molecule has 0 bridgehead atoms. The Kier molecular flexibility index (Phi) is 3.54. The maximum atomic E-state index is 11.0. The second-order valence-electron chi connectivity index (χ2n) is 5.96. The van der Waals surface area contributed by atoms with Crippen molar-refractivity contribution in [3.63, 3.8) is 0 Å². The number of primary amides is 1. The molecule has 6 heteroatoms. The first-order valence-corrected chi connectivity index (χ1v) is 7.17. The Balaban J connectivity index is 2.23. The normalized spacial score (nSPS) is 20.8. The van der Waals surface area contributed by atoms with E-state index < -0.39 is 0 Å². The van der Waals surface area contributed by atoms with Crippen molar-refractivity contribution in [2.45, 2.75) is 52.2 Å². The van der Waals surface area contributed by atoms with Crippen molar-refractivity contribution >= 4 is 29.1 Å². The van der Waals surface area contributed by atoms with Crippen molar-refractivity contribution in [3.05, 3.63) is 16.5 Å². The third kappa shape index (κ3) is 2.71. The van der Waals surface area contributed by atoms with Gasteiger partial charge in [0.2, 0.25) is 5.91 Å². The van der Waals surface area contributed by atoms with Crippen LogP contribution in [0.4, 0.5) is 0 Å². The van der Waals surface area contributed by atoms with E-state index >= 15 is 0 Å². The number of amides is 1. The lowest BCUT2D eigenvalue weighted by Crippen LogP contribution is -2.41. The average Bonchev–Trinajstić information content (AvgIpc) is 2.66. The van der Waals surface area contributed by atoms with Crippen LogP contribution in [0.5, 0.6) is 0 Å². The monoisotopic (exact) mass is 281 g/mol. The van der Waals surface area contributed by atoms with Gasteiger partial charge in [0, 0.05) is 9.65 Å². The summed E-state index contributed by atoms with van der Waals surface area (Å²) >= 11 is 1.60. The fourth-order valence-electron chi connectivity index (χ4n) is 1.98. The highest BCUT2D eigenvalue weighted by Crippen LogP contribution is 2.37. The second-order valence-corrected chi connectivity index (χ2v) is 7.25. The first-order chi connectivity index (χ1) is 8.62. The quantitative estimate of drug-likeness (QED) is 0.851.